The third-order valence-corrected chi connectivity index (χ3v) is 1.37. The van der Waals surface area contributed by atoms with Gasteiger partial charge in [0, 0.05) is 42.7 Å². The fourth-order valence-corrected chi connectivity index (χ4v) is 0.861. The van der Waals surface area contributed by atoms with Gasteiger partial charge < -0.3 is 0 Å². The Morgan fingerprint density at radius 3 is 1.89 bits per heavy atom. The molecule has 0 aliphatic rings. The molecular weight excluding hydrogens is 280 g/mol. The summed E-state index contributed by atoms with van der Waals surface area (Å²) in [7, 11) is 0. The van der Waals surface area contributed by atoms with E-state index < -0.39 is 0 Å². The number of fused-ring (bicyclic) bond motifs is 1. The molecule has 0 N–H and O–H groups in total. The second-order valence-electron chi connectivity index (χ2n) is 2.09. The maximum Gasteiger partial charge on any atom is 0.157 e. The zero-order chi connectivity index (χ0) is 15.0. The smallest absolute Gasteiger partial charge is 0.157 e. The maximum absolute atomic E-state index is 8.00. The topological polar surface area (TPSA) is 43.1 Å². The van der Waals surface area contributed by atoms with Crippen LogP contribution in [0.5, 0.6) is 0 Å². The molecule has 2 aromatic rings. The third-order valence-electron chi connectivity index (χ3n) is 1.37. The van der Waals surface area contributed by atoms with E-state index in [-0.39, 0.29) is 0 Å². The predicted octanol–water partition coefficient (Wildman–Crippen LogP) is 3.79. The van der Waals surface area contributed by atoms with Crippen molar-refractivity contribution >= 4 is 5.65 Å². The normalized spacial score (nSPS) is 7.17. The van der Waals surface area contributed by atoms with Gasteiger partial charge >= 0.3 is 0 Å². The highest BCUT2D eigenvalue weighted by Gasteiger charge is 1.95. The fourth-order valence-electron chi connectivity index (χ4n) is 0.861. The molecule has 0 fully saturated rings. The second kappa shape index (κ2) is 17.4. The highest BCUT2D eigenvalue weighted by Crippen LogP contribution is 1.99. The molecule has 2 aromatic heterocycles. The third kappa shape index (κ3) is 7.29. The van der Waals surface area contributed by atoms with Crippen LogP contribution in [-0.4, -0.2) is 19.8 Å². The van der Waals surface area contributed by atoms with Crippen LogP contribution < -0.4 is 0 Å². The Morgan fingerprint density at radius 2 is 1.44 bits per heavy atom. The summed E-state index contributed by atoms with van der Waals surface area (Å²) in [5.41, 5.74) is 1.84. The molecule has 0 saturated carbocycles. The van der Waals surface area contributed by atoms with Crippen molar-refractivity contribution in [2.75, 3.05) is 0 Å². The molecule has 2 heterocycles. The van der Waals surface area contributed by atoms with Crippen molar-refractivity contribution in [3.05, 3.63) is 24.2 Å². The van der Waals surface area contributed by atoms with Crippen molar-refractivity contribution in [3.63, 3.8) is 0 Å². The minimum atomic E-state index is 0.840. The Bertz CT molecular complexity index is 369. The number of hydrogen-bond donors (Lipinski definition) is 0. The van der Waals surface area contributed by atoms with E-state index in [0.717, 1.165) is 11.3 Å². The highest BCUT2D eigenvalue weighted by atomic mass is 20.0. The van der Waals surface area contributed by atoms with Crippen LogP contribution in [0.25, 0.3) is 5.65 Å². The number of nitrogens with zero attached hydrogens (tertiary/aromatic N) is 4. The first-order valence-electron chi connectivity index (χ1n) is 3.57. The fraction of sp³-hybridized carbons (Fsp3) is 0.167. The van der Waals surface area contributed by atoms with Crippen molar-refractivity contribution in [1.29, 1.82) is 0 Å². The van der Waals surface area contributed by atoms with E-state index in [0.29, 0.717) is 0 Å². The van der Waals surface area contributed by atoms with Crippen LogP contribution in [-0.2, 0) is 0 Å². The Morgan fingerprint density at radius 1 is 0.944 bits per heavy atom. The van der Waals surface area contributed by atoms with Gasteiger partial charge in [0.1, 0.15) is 0 Å². The van der Waals surface area contributed by atoms with E-state index in [1.54, 1.807) is 16.9 Å². The number of imidazole rings is 1. The van der Waals surface area contributed by atoms with E-state index in [9.17, 15) is 0 Å². The summed E-state index contributed by atoms with van der Waals surface area (Å²) in [6.07, 6.45) is 3.39. The number of halogens is 8. The zero-order valence-electron chi connectivity index (χ0n) is 8.54. The van der Waals surface area contributed by atoms with E-state index in [4.69, 9.17) is 36.6 Å². The van der Waals surface area contributed by atoms with Crippen LogP contribution in [0.2, 0.25) is 0 Å². The van der Waals surface area contributed by atoms with Gasteiger partial charge in [-0.3, -0.25) is 0 Å². The second-order valence-corrected chi connectivity index (χ2v) is 2.09. The first-order valence-corrected chi connectivity index (χ1v) is 3.57. The molecule has 0 bridgehead atoms. The van der Waals surface area contributed by atoms with Gasteiger partial charge in [0.15, 0.2) is 5.65 Å². The Balaban J connectivity index is -0.000000244. The average Bonchev–Trinajstić information content (AvgIpc) is 2.90. The monoisotopic (exact) mass is 286 g/mol. The van der Waals surface area contributed by atoms with Crippen molar-refractivity contribution in [3.8, 4) is 0 Å². The van der Waals surface area contributed by atoms with E-state index in [2.05, 4.69) is 15.3 Å². The summed E-state index contributed by atoms with van der Waals surface area (Å²) in [5, 5.41) is 7.56. The highest BCUT2D eigenvalue weighted by molar-refractivity contribution is 5.35. The first-order chi connectivity index (χ1) is 8.88. The molecule has 0 unspecified atom stereocenters. The number of aryl methyl sites for hydroxylation is 1. The van der Waals surface area contributed by atoms with Crippen LogP contribution >= 0.6 is 0 Å². The minimum Gasteiger partial charge on any atom is -0.235 e. The Labute approximate surface area is 94.3 Å². The van der Waals surface area contributed by atoms with E-state index >= 15 is 0 Å². The quantitative estimate of drug-likeness (QED) is 0.692. The molecule has 0 radical (unpaired) electrons. The van der Waals surface area contributed by atoms with Gasteiger partial charge in [-0.15, -0.1) is 5.10 Å². The molecule has 4 nitrogen and oxygen atoms in total. The SMILES string of the molecule is Cc1cnc2ccnnn12.FF.FF.FF.FF. The Hall–Kier alpha value is -2.01. The molecule has 2 rings (SSSR count). The summed E-state index contributed by atoms with van der Waals surface area (Å²) >= 11 is 0. The zero-order valence-corrected chi connectivity index (χ0v) is 8.54. The van der Waals surface area contributed by atoms with Crippen LogP contribution in [0.3, 0.4) is 0 Å². The Kier molecular flexibility index (Phi) is 20.6. The maximum atomic E-state index is 8.00. The summed E-state index contributed by atoms with van der Waals surface area (Å²) in [5.74, 6) is 0. The standard InChI is InChI=1S/C6H6N4.4F2/c1-5-4-7-6-2-3-8-9-10(5)6;4*1-2/h2-4H,1H3;;;;. The summed E-state index contributed by atoms with van der Waals surface area (Å²) in [4.78, 5) is 4.08. The van der Waals surface area contributed by atoms with Crippen molar-refractivity contribution in [2.24, 2.45) is 0 Å². The van der Waals surface area contributed by atoms with Gasteiger partial charge in [0.25, 0.3) is 0 Å². The average molecular weight is 286 g/mol. The van der Waals surface area contributed by atoms with Crippen LogP contribution in [0.4, 0.5) is 36.6 Å². The lowest BCUT2D eigenvalue weighted by molar-refractivity contribution is 0.108. The molecule has 18 heavy (non-hydrogen) atoms. The van der Waals surface area contributed by atoms with E-state index in [1.165, 1.54) is 0 Å². The number of hydrogen-bond acceptors (Lipinski definition) is 3. The van der Waals surface area contributed by atoms with Crippen LogP contribution in [0.1, 0.15) is 5.69 Å². The molecule has 0 atom stereocenters. The lowest BCUT2D eigenvalue weighted by atomic mass is 10.6. The molecule has 0 spiro atoms. The van der Waals surface area contributed by atoms with Gasteiger partial charge in [-0.25, -0.2) is 4.98 Å². The first kappa shape index (κ1) is 21.3. The molecule has 12 heteroatoms. The van der Waals surface area contributed by atoms with Gasteiger partial charge in [-0.05, 0) is 6.92 Å². The molecule has 0 saturated heterocycles. The molecule has 0 aliphatic carbocycles. The lowest BCUT2D eigenvalue weighted by Gasteiger charge is -1.88. The molecule has 0 aliphatic heterocycles. The molecule has 0 aromatic carbocycles. The van der Waals surface area contributed by atoms with Crippen LogP contribution in [0, 0.1) is 6.92 Å². The minimum absolute atomic E-state index is 0.840. The van der Waals surface area contributed by atoms with Gasteiger partial charge in [0.05, 0.1) is 18.1 Å². The number of rotatable bonds is 0. The summed E-state index contributed by atoms with van der Waals surface area (Å²) < 4.78 is 65.7. The van der Waals surface area contributed by atoms with Gasteiger partial charge in [-0.2, -0.15) is 4.52 Å². The number of aromatic nitrogens is 4. The van der Waals surface area contributed by atoms with Gasteiger partial charge in [-0.1, -0.05) is 5.21 Å². The van der Waals surface area contributed by atoms with Crippen molar-refractivity contribution < 1.29 is 36.6 Å². The molecular formula is C6H6F8N4. The van der Waals surface area contributed by atoms with E-state index in [1.807, 2.05) is 13.0 Å². The van der Waals surface area contributed by atoms with Crippen molar-refractivity contribution in [1.82, 2.24) is 19.8 Å². The summed E-state index contributed by atoms with van der Waals surface area (Å²) in [6, 6.07) is 1.82. The largest absolute Gasteiger partial charge is 0.235 e. The molecule has 106 valence electrons. The van der Waals surface area contributed by atoms with Gasteiger partial charge in [0.2, 0.25) is 0 Å². The summed E-state index contributed by atoms with van der Waals surface area (Å²) in [6.45, 7) is 1.94. The lowest BCUT2D eigenvalue weighted by Crippen LogP contribution is -1.94. The predicted molar refractivity (Wildman–Crippen MR) is 44.4 cm³/mol. The molecule has 0 amide bonds. The van der Waals surface area contributed by atoms with Crippen LogP contribution in [0.15, 0.2) is 18.5 Å². The van der Waals surface area contributed by atoms with Crippen molar-refractivity contribution in [2.45, 2.75) is 6.92 Å².